The van der Waals surface area contributed by atoms with E-state index in [1.807, 2.05) is 24.3 Å². The van der Waals surface area contributed by atoms with Crippen molar-refractivity contribution < 1.29 is 14.6 Å². The van der Waals surface area contributed by atoms with Crippen LogP contribution in [0.4, 0.5) is 0 Å². The fourth-order valence-corrected chi connectivity index (χ4v) is 3.48. The first-order chi connectivity index (χ1) is 9.67. The minimum Gasteiger partial charge on any atom is -0.497 e. The molecule has 2 saturated heterocycles. The zero-order valence-electron chi connectivity index (χ0n) is 12.0. The Morgan fingerprint density at radius 1 is 1.25 bits per heavy atom. The molecule has 2 atom stereocenters. The molecule has 4 nitrogen and oxygen atoms in total. The number of rotatable bonds is 5. The Hall–Kier alpha value is -1.26. The number of nitrogens with one attached hydrogen (secondary N) is 1. The predicted molar refractivity (Wildman–Crippen MR) is 77.2 cm³/mol. The summed E-state index contributed by atoms with van der Waals surface area (Å²) in [5.74, 6) is 1.59. The van der Waals surface area contributed by atoms with Crippen LogP contribution >= 0.6 is 0 Å². The Bertz CT molecular complexity index is 451. The molecule has 2 aliphatic heterocycles. The van der Waals surface area contributed by atoms with Crippen LogP contribution in [0, 0.1) is 0 Å². The van der Waals surface area contributed by atoms with E-state index < -0.39 is 5.60 Å². The van der Waals surface area contributed by atoms with Gasteiger partial charge in [0.1, 0.15) is 11.5 Å². The number of piperidine rings is 1. The van der Waals surface area contributed by atoms with Crippen molar-refractivity contribution in [1.82, 2.24) is 5.32 Å². The zero-order valence-corrected chi connectivity index (χ0v) is 12.0. The summed E-state index contributed by atoms with van der Waals surface area (Å²) in [4.78, 5) is 0. The Morgan fingerprint density at radius 2 is 1.95 bits per heavy atom. The zero-order chi connectivity index (χ0) is 14.0. The standard InChI is InChI=1S/C16H23NO3/c1-19-14-3-2-4-15(9-14)20-8-7-16(18)10-12-5-6-13(11-16)17-12/h2-4,9,12-13,17-18H,5-8,10-11H2,1H3. The molecule has 0 saturated carbocycles. The van der Waals surface area contributed by atoms with Crippen LogP contribution in [0.1, 0.15) is 32.1 Å². The Kier molecular flexibility index (Phi) is 3.85. The first-order valence-electron chi connectivity index (χ1n) is 7.42. The highest BCUT2D eigenvalue weighted by atomic mass is 16.5. The number of aliphatic hydroxyl groups is 1. The lowest BCUT2D eigenvalue weighted by Crippen LogP contribution is -2.49. The van der Waals surface area contributed by atoms with Gasteiger partial charge >= 0.3 is 0 Å². The third kappa shape index (κ3) is 3.07. The lowest BCUT2D eigenvalue weighted by Gasteiger charge is -2.37. The summed E-state index contributed by atoms with van der Waals surface area (Å²) in [5, 5.41) is 14.2. The van der Waals surface area contributed by atoms with Crippen LogP contribution in [-0.2, 0) is 0 Å². The molecule has 2 aliphatic rings. The molecular formula is C16H23NO3. The van der Waals surface area contributed by atoms with E-state index in [4.69, 9.17) is 9.47 Å². The second kappa shape index (κ2) is 5.62. The SMILES string of the molecule is COc1cccc(OCCC2(O)CC3CCC(C2)N3)c1. The number of benzene rings is 1. The minimum absolute atomic E-state index is 0.496. The molecule has 0 radical (unpaired) electrons. The van der Waals surface area contributed by atoms with Crippen molar-refractivity contribution in [3.63, 3.8) is 0 Å². The van der Waals surface area contributed by atoms with Crippen molar-refractivity contribution in [2.24, 2.45) is 0 Å². The molecule has 2 heterocycles. The van der Waals surface area contributed by atoms with E-state index in [9.17, 15) is 5.11 Å². The number of fused-ring (bicyclic) bond motifs is 2. The third-order valence-corrected chi connectivity index (χ3v) is 4.47. The van der Waals surface area contributed by atoms with E-state index in [1.54, 1.807) is 7.11 Å². The second-order valence-corrected chi connectivity index (χ2v) is 6.05. The lowest BCUT2D eigenvalue weighted by molar-refractivity contribution is -0.0229. The third-order valence-electron chi connectivity index (χ3n) is 4.47. The number of methoxy groups -OCH3 is 1. The second-order valence-electron chi connectivity index (χ2n) is 6.05. The molecule has 0 amide bonds. The summed E-state index contributed by atoms with van der Waals surface area (Å²) < 4.78 is 10.9. The highest BCUT2D eigenvalue weighted by Crippen LogP contribution is 2.36. The van der Waals surface area contributed by atoms with Gasteiger partial charge in [0, 0.05) is 24.6 Å². The highest BCUT2D eigenvalue weighted by Gasteiger charge is 2.42. The largest absolute Gasteiger partial charge is 0.497 e. The minimum atomic E-state index is -0.560. The van der Waals surface area contributed by atoms with Crippen LogP contribution in [-0.4, -0.2) is 36.5 Å². The van der Waals surface area contributed by atoms with Crippen LogP contribution in [0.3, 0.4) is 0 Å². The van der Waals surface area contributed by atoms with Gasteiger partial charge in [0.2, 0.25) is 0 Å². The Balaban J connectivity index is 1.51. The van der Waals surface area contributed by atoms with E-state index in [2.05, 4.69) is 5.32 Å². The predicted octanol–water partition coefficient (Wildman–Crippen LogP) is 2.11. The van der Waals surface area contributed by atoms with Crippen molar-refractivity contribution in [3.8, 4) is 11.5 Å². The molecule has 1 aromatic rings. The van der Waals surface area contributed by atoms with Crippen molar-refractivity contribution in [3.05, 3.63) is 24.3 Å². The molecule has 0 spiro atoms. The van der Waals surface area contributed by atoms with E-state index in [-0.39, 0.29) is 0 Å². The quantitative estimate of drug-likeness (QED) is 0.865. The average Bonchev–Trinajstić information content (AvgIpc) is 2.79. The van der Waals surface area contributed by atoms with Crippen LogP contribution in [0.5, 0.6) is 11.5 Å². The summed E-state index contributed by atoms with van der Waals surface area (Å²) in [6, 6.07) is 8.58. The van der Waals surface area contributed by atoms with Crippen molar-refractivity contribution >= 4 is 0 Å². The summed E-state index contributed by atoms with van der Waals surface area (Å²) in [5.41, 5.74) is -0.560. The van der Waals surface area contributed by atoms with Gasteiger partial charge in [-0.25, -0.2) is 0 Å². The summed E-state index contributed by atoms with van der Waals surface area (Å²) in [7, 11) is 1.65. The summed E-state index contributed by atoms with van der Waals surface area (Å²) >= 11 is 0. The molecular weight excluding hydrogens is 254 g/mol. The van der Waals surface area contributed by atoms with Crippen LogP contribution < -0.4 is 14.8 Å². The molecule has 3 rings (SSSR count). The van der Waals surface area contributed by atoms with E-state index in [0.29, 0.717) is 25.1 Å². The van der Waals surface area contributed by atoms with Gasteiger partial charge in [-0.3, -0.25) is 0 Å². The molecule has 2 N–H and O–H groups in total. The summed E-state index contributed by atoms with van der Waals surface area (Å²) in [6.07, 6.45) is 4.79. The molecule has 0 aliphatic carbocycles. The number of hydrogen-bond donors (Lipinski definition) is 2. The maximum Gasteiger partial charge on any atom is 0.122 e. The average molecular weight is 277 g/mol. The van der Waals surface area contributed by atoms with Crippen molar-refractivity contribution in [2.75, 3.05) is 13.7 Å². The van der Waals surface area contributed by atoms with Gasteiger partial charge in [-0.2, -0.15) is 0 Å². The number of ether oxygens (including phenoxy) is 2. The van der Waals surface area contributed by atoms with Gasteiger partial charge in [-0.15, -0.1) is 0 Å². The van der Waals surface area contributed by atoms with Crippen LogP contribution in [0.25, 0.3) is 0 Å². The first-order valence-corrected chi connectivity index (χ1v) is 7.42. The molecule has 110 valence electrons. The maximum absolute atomic E-state index is 10.7. The molecule has 0 aromatic heterocycles. The molecule has 2 unspecified atom stereocenters. The smallest absolute Gasteiger partial charge is 0.122 e. The van der Waals surface area contributed by atoms with Gasteiger partial charge in [-0.1, -0.05) is 6.07 Å². The van der Waals surface area contributed by atoms with E-state index in [1.165, 1.54) is 12.8 Å². The molecule has 2 bridgehead atoms. The van der Waals surface area contributed by atoms with Gasteiger partial charge in [-0.05, 0) is 37.8 Å². The maximum atomic E-state index is 10.7. The normalized spacial score (nSPS) is 32.1. The van der Waals surface area contributed by atoms with Gasteiger partial charge < -0.3 is 19.9 Å². The monoisotopic (exact) mass is 277 g/mol. The molecule has 20 heavy (non-hydrogen) atoms. The molecule has 2 fully saturated rings. The van der Waals surface area contributed by atoms with Crippen molar-refractivity contribution in [1.29, 1.82) is 0 Å². The lowest BCUT2D eigenvalue weighted by atomic mass is 9.85. The molecule has 4 heteroatoms. The van der Waals surface area contributed by atoms with E-state index in [0.717, 1.165) is 24.3 Å². The Labute approximate surface area is 120 Å². The van der Waals surface area contributed by atoms with Crippen molar-refractivity contribution in [2.45, 2.75) is 49.8 Å². The molecule has 1 aromatic carbocycles. The highest BCUT2D eigenvalue weighted by molar-refractivity contribution is 5.32. The fraction of sp³-hybridized carbons (Fsp3) is 0.625. The number of hydrogen-bond acceptors (Lipinski definition) is 4. The summed E-state index contributed by atoms with van der Waals surface area (Å²) in [6.45, 7) is 0.545. The van der Waals surface area contributed by atoms with Crippen LogP contribution in [0.15, 0.2) is 24.3 Å². The fourth-order valence-electron chi connectivity index (χ4n) is 3.48. The van der Waals surface area contributed by atoms with Gasteiger partial charge in [0.15, 0.2) is 0 Å². The van der Waals surface area contributed by atoms with Gasteiger partial charge in [0.25, 0.3) is 0 Å². The van der Waals surface area contributed by atoms with E-state index >= 15 is 0 Å². The first kappa shape index (κ1) is 13.7. The van der Waals surface area contributed by atoms with Gasteiger partial charge in [0.05, 0.1) is 19.3 Å². The Morgan fingerprint density at radius 3 is 2.65 bits per heavy atom. The topological polar surface area (TPSA) is 50.7 Å². The van der Waals surface area contributed by atoms with Crippen LogP contribution in [0.2, 0.25) is 0 Å².